The Hall–Kier alpha value is -3.32. The highest BCUT2D eigenvalue weighted by Crippen LogP contribution is 2.32. The maximum absolute atomic E-state index is 14.4. The summed E-state index contributed by atoms with van der Waals surface area (Å²) >= 11 is 11.6. The highest BCUT2D eigenvalue weighted by atomic mass is 35.5. The van der Waals surface area contributed by atoms with Crippen LogP contribution in [0.1, 0.15) is 10.4 Å². The molecule has 0 unspecified atom stereocenters. The number of nitrogens with one attached hydrogen (secondary N) is 2. The second-order valence-electron chi connectivity index (χ2n) is 7.07. The van der Waals surface area contributed by atoms with Gasteiger partial charge in [-0.1, -0.05) is 41.4 Å². The van der Waals surface area contributed by atoms with E-state index in [1.165, 1.54) is 12.1 Å². The van der Waals surface area contributed by atoms with Crippen LogP contribution in [0.5, 0.6) is 0 Å². The average molecular weight is 559 g/mol. The number of fused-ring (bicyclic) bond motifs is 1. The standard InChI is InChI=1S/C21H13Cl2FN2O7S2/c22-12-5-6-16(25-34(29,30)19-9-13(21(27)28)14(23)10-15(19)24)17(8-12)26-35(31,32)20-7-11-3-1-2-4-18(11)33-20/h1-10,25-26H,(H,27,28). The summed E-state index contributed by atoms with van der Waals surface area (Å²) in [5.74, 6) is -2.89. The van der Waals surface area contributed by atoms with Crippen LogP contribution >= 0.6 is 23.2 Å². The number of rotatable bonds is 7. The summed E-state index contributed by atoms with van der Waals surface area (Å²) in [5, 5.41) is 8.81. The molecule has 0 bridgehead atoms. The van der Waals surface area contributed by atoms with E-state index in [1.807, 2.05) is 4.72 Å². The Morgan fingerprint density at radius 1 is 0.886 bits per heavy atom. The molecule has 35 heavy (non-hydrogen) atoms. The van der Waals surface area contributed by atoms with E-state index >= 15 is 0 Å². The van der Waals surface area contributed by atoms with Gasteiger partial charge in [0, 0.05) is 16.5 Å². The Bertz CT molecular complexity index is 1670. The van der Waals surface area contributed by atoms with Gasteiger partial charge in [-0.15, -0.1) is 0 Å². The minimum atomic E-state index is -4.74. The van der Waals surface area contributed by atoms with Crippen LogP contribution in [0.15, 0.2) is 75.1 Å². The first-order valence-electron chi connectivity index (χ1n) is 9.43. The van der Waals surface area contributed by atoms with Crippen molar-refractivity contribution in [3.05, 3.63) is 82.1 Å². The van der Waals surface area contributed by atoms with Crippen molar-refractivity contribution in [3.8, 4) is 0 Å². The van der Waals surface area contributed by atoms with Gasteiger partial charge in [-0.2, -0.15) is 8.42 Å². The van der Waals surface area contributed by atoms with E-state index in [9.17, 15) is 31.1 Å². The summed E-state index contributed by atoms with van der Waals surface area (Å²) in [4.78, 5) is 10.3. The van der Waals surface area contributed by atoms with Gasteiger partial charge in [0.05, 0.1) is 22.0 Å². The number of benzene rings is 3. The Labute approximate surface area is 208 Å². The monoisotopic (exact) mass is 558 g/mol. The number of carbonyl (C=O) groups is 1. The predicted octanol–water partition coefficient (Wildman–Crippen LogP) is 5.18. The fraction of sp³-hybridized carbons (Fsp3) is 0. The predicted molar refractivity (Wildman–Crippen MR) is 128 cm³/mol. The lowest BCUT2D eigenvalue weighted by Crippen LogP contribution is -2.19. The number of furan rings is 1. The van der Waals surface area contributed by atoms with E-state index in [2.05, 4.69) is 4.72 Å². The van der Waals surface area contributed by atoms with Crippen LogP contribution in [0.2, 0.25) is 10.0 Å². The fourth-order valence-electron chi connectivity index (χ4n) is 3.07. The van der Waals surface area contributed by atoms with E-state index in [4.69, 9.17) is 27.6 Å². The first-order chi connectivity index (χ1) is 16.4. The van der Waals surface area contributed by atoms with Crippen molar-refractivity contribution in [3.63, 3.8) is 0 Å². The van der Waals surface area contributed by atoms with Crippen LogP contribution < -0.4 is 9.44 Å². The van der Waals surface area contributed by atoms with Gasteiger partial charge in [-0.05, 0) is 36.4 Å². The quantitative estimate of drug-likeness (QED) is 0.283. The SMILES string of the molecule is O=C(O)c1cc(S(=O)(=O)Nc2ccc(Cl)cc2NS(=O)(=O)c2cc3ccccc3o2)c(F)cc1Cl. The zero-order valence-corrected chi connectivity index (χ0v) is 20.3. The van der Waals surface area contributed by atoms with Crippen LogP contribution in [0, 0.1) is 5.82 Å². The molecule has 3 aromatic carbocycles. The van der Waals surface area contributed by atoms with Gasteiger partial charge >= 0.3 is 5.97 Å². The minimum absolute atomic E-state index is 0.0566. The third kappa shape index (κ3) is 5.05. The number of aromatic carboxylic acids is 1. The molecule has 0 radical (unpaired) electrons. The number of anilines is 2. The van der Waals surface area contributed by atoms with Gasteiger partial charge in [0.25, 0.3) is 20.0 Å². The molecule has 182 valence electrons. The van der Waals surface area contributed by atoms with Gasteiger partial charge in [-0.3, -0.25) is 9.44 Å². The Balaban J connectivity index is 1.73. The van der Waals surface area contributed by atoms with Gasteiger partial charge in [0.2, 0.25) is 5.09 Å². The number of hydrogen-bond donors (Lipinski definition) is 3. The Morgan fingerprint density at radius 2 is 1.57 bits per heavy atom. The summed E-state index contributed by atoms with van der Waals surface area (Å²) in [7, 11) is -9.09. The molecule has 1 aromatic heterocycles. The summed E-state index contributed by atoms with van der Waals surface area (Å²) in [6.07, 6.45) is 0. The minimum Gasteiger partial charge on any atom is -0.478 e. The summed E-state index contributed by atoms with van der Waals surface area (Å²) < 4.78 is 75.6. The van der Waals surface area contributed by atoms with Crippen molar-refractivity contribution in [1.82, 2.24) is 0 Å². The molecule has 0 atom stereocenters. The molecule has 1 heterocycles. The van der Waals surface area contributed by atoms with Crippen molar-refractivity contribution in [2.24, 2.45) is 0 Å². The molecule has 0 fully saturated rings. The van der Waals surface area contributed by atoms with Crippen LogP contribution in [-0.2, 0) is 20.0 Å². The normalized spacial score (nSPS) is 12.0. The number of halogens is 3. The molecule has 0 spiro atoms. The summed E-state index contributed by atoms with van der Waals surface area (Å²) in [5.41, 5.74) is -0.947. The highest BCUT2D eigenvalue weighted by molar-refractivity contribution is 7.93. The Morgan fingerprint density at radius 3 is 2.26 bits per heavy atom. The van der Waals surface area contributed by atoms with Gasteiger partial charge in [0.1, 0.15) is 16.3 Å². The van der Waals surface area contributed by atoms with Gasteiger partial charge < -0.3 is 9.52 Å². The molecule has 4 rings (SSSR count). The van der Waals surface area contributed by atoms with Crippen LogP contribution in [0.25, 0.3) is 11.0 Å². The number of sulfonamides is 2. The van der Waals surface area contributed by atoms with E-state index in [1.54, 1.807) is 24.3 Å². The largest absolute Gasteiger partial charge is 0.478 e. The molecule has 0 aliphatic carbocycles. The summed E-state index contributed by atoms with van der Waals surface area (Å²) in [6, 6.07) is 12.5. The van der Waals surface area contributed by atoms with E-state index in [0.29, 0.717) is 23.1 Å². The average Bonchev–Trinajstić information content (AvgIpc) is 3.20. The number of hydrogen-bond acceptors (Lipinski definition) is 6. The van der Waals surface area contributed by atoms with E-state index in [0.717, 1.165) is 12.1 Å². The van der Waals surface area contributed by atoms with Crippen LogP contribution in [0.4, 0.5) is 15.8 Å². The third-order valence-corrected chi connectivity index (χ3v) is 7.83. The van der Waals surface area contributed by atoms with E-state index < -0.39 is 52.4 Å². The second kappa shape index (κ2) is 9.04. The molecular weight excluding hydrogens is 546 g/mol. The second-order valence-corrected chi connectivity index (χ2v) is 11.2. The third-order valence-electron chi connectivity index (χ3n) is 4.68. The van der Waals surface area contributed by atoms with Crippen molar-refractivity contribution in [1.29, 1.82) is 0 Å². The number of carboxylic acids is 1. The number of para-hydroxylation sites is 1. The maximum atomic E-state index is 14.4. The molecule has 0 amide bonds. The zero-order chi connectivity index (χ0) is 25.5. The number of carboxylic acid groups (broad SMARTS) is 1. The molecule has 0 saturated carbocycles. The van der Waals surface area contributed by atoms with Crippen LogP contribution in [-0.4, -0.2) is 27.9 Å². The molecule has 3 N–H and O–H groups in total. The lowest BCUT2D eigenvalue weighted by atomic mass is 10.2. The van der Waals surface area contributed by atoms with Gasteiger partial charge in [0.15, 0.2) is 0 Å². The lowest BCUT2D eigenvalue weighted by molar-refractivity contribution is 0.0696. The van der Waals surface area contributed by atoms with Crippen molar-refractivity contribution in [2.45, 2.75) is 9.99 Å². The first-order valence-corrected chi connectivity index (χ1v) is 13.2. The lowest BCUT2D eigenvalue weighted by Gasteiger charge is -2.15. The molecule has 0 aliphatic rings. The molecule has 14 heteroatoms. The van der Waals surface area contributed by atoms with Gasteiger partial charge in [-0.25, -0.2) is 17.6 Å². The van der Waals surface area contributed by atoms with Crippen molar-refractivity contribution >= 4 is 71.6 Å². The molecule has 9 nitrogen and oxygen atoms in total. The topological polar surface area (TPSA) is 143 Å². The van der Waals surface area contributed by atoms with E-state index in [-0.39, 0.29) is 16.4 Å². The Kier molecular flexibility index (Phi) is 6.40. The molecule has 4 aromatic rings. The zero-order valence-electron chi connectivity index (χ0n) is 17.1. The van der Waals surface area contributed by atoms with Crippen molar-refractivity contribution < 1.29 is 35.5 Å². The van der Waals surface area contributed by atoms with Crippen LogP contribution in [0.3, 0.4) is 0 Å². The highest BCUT2D eigenvalue weighted by Gasteiger charge is 2.26. The first kappa shape index (κ1) is 24.8. The smallest absolute Gasteiger partial charge is 0.337 e. The fourth-order valence-corrected chi connectivity index (χ4v) is 5.68. The molecule has 0 aliphatic heterocycles. The molecule has 0 saturated heterocycles. The summed E-state index contributed by atoms with van der Waals surface area (Å²) in [6.45, 7) is 0. The maximum Gasteiger partial charge on any atom is 0.337 e. The molecular formula is C21H13Cl2FN2O7S2. The van der Waals surface area contributed by atoms with Crippen molar-refractivity contribution in [2.75, 3.05) is 9.44 Å².